The molecule has 1 unspecified atom stereocenters. The molecule has 3 rings (SSSR count). The Labute approximate surface area is 179 Å². The summed E-state index contributed by atoms with van der Waals surface area (Å²) in [7, 11) is -2.41. The predicted octanol–water partition coefficient (Wildman–Crippen LogP) is 3.97. The van der Waals surface area contributed by atoms with Crippen LogP contribution in [-0.4, -0.2) is 28.0 Å². The Bertz CT molecular complexity index is 1080. The molecule has 9 heteroatoms. The monoisotopic (exact) mass is 448 g/mol. The summed E-state index contributed by atoms with van der Waals surface area (Å²) in [6, 6.07) is 14.9. The van der Waals surface area contributed by atoms with Crippen LogP contribution in [0.15, 0.2) is 70.3 Å². The summed E-state index contributed by atoms with van der Waals surface area (Å²) in [6.07, 6.45) is 0. The predicted molar refractivity (Wildman–Crippen MR) is 115 cm³/mol. The van der Waals surface area contributed by atoms with Gasteiger partial charge in [-0.2, -0.15) is 0 Å². The van der Waals surface area contributed by atoms with Crippen molar-refractivity contribution >= 4 is 33.0 Å². The maximum Gasteiger partial charge on any atom is 0.274 e. The van der Waals surface area contributed by atoms with E-state index in [2.05, 4.69) is 5.32 Å². The number of methoxy groups -OCH3 is 1. The number of rotatable bonds is 8. The molecule has 3 aromatic rings. The van der Waals surface area contributed by atoms with Gasteiger partial charge in [0.15, 0.2) is 0 Å². The van der Waals surface area contributed by atoms with Gasteiger partial charge in [-0.05, 0) is 60.3 Å². The van der Waals surface area contributed by atoms with E-state index in [1.165, 1.54) is 18.2 Å². The van der Waals surface area contributed by atoms with Crippen molar-refractivity contribution in [2.75, 3.05) is 18.0 Å². The van der Waals surface area contributed by atoms with Crippen LogP contribution in [0.5, 0.6) is 5.75 Å². The summed E-state index contributed by atoms with van der Waals surface area (Å²) >= 11 is 1.05. The molecule has 1 heterocycles. The number of carbonyl (C=O) groups excluding carboxylic acids is 1. The first-order valence-electron chi connectivity index (χ1n) is 9.06. The zero-order valence-corrected chi connectivity index (χ0v) is 18.0. The number of hydrogen-bond acceptors (Lipinski definition) is 5. The highest BCUT2D eigenvalue weighted by atomic mass is 32.2. The van der Waals surface area contributed by atoms with Crippen molar-refractivity contribution in [1.82, 2.24) is 5.32 Å². The number of amides is 1. The van der Waals surface area contributed by atoms with E-state index in [0.717, 1.165) is 33.3 Å². The Kier molecular flexibility index (Phi) is 6.73. The molecule has 0 aliphatic heterocycles. The van der Waals surface area contributed by atoms with Gasteiger partial charge >= 0.3 is 0 Å². The van der Waals surface area contributed by atoms with Gasteiger partial charge in [-0.3, -0.25) is 9.10 Å². The molecule has 0 saturated carbocycles. The normalized spacial score (nSPS) is 12.2. The number of benzene rings is 2. The van der Waals surface area contributed by atoms with Gasteiger partial charge in [-0.25, -0.2) is 12.8 Å². The molecule has 30 heavy (non-hydrogen) atoms. The van der Waals surface area contributed by atoms with E-state index in [1.54, 1.807) is 37.6 Å². The first-order valence-corrected chi connectivity index (χ1v) is 11.4. The third-order valence-corrected chi connectivity index (χ3v) is 7.58. The van der Waals surface area contributed by atoms with Crippen molar-refractivity contribution in [1.29, 1.82) is 0 Å². The number of hydrogen-bond donors (Lipinski definition) is 1. The van der Waals surface area contributed by atoms with Crippen LogP contribution >= 0.6 is 11.3 Å². The first kappa shape index (κ1) is 21.8. The molecule has 2 aromatic carbocycles. The molecule has 158 valence electrons. The third kappa shape index (κ3) is 4.98. The van der Waals surface area contributed by atoms with Gasteiger partial charge < -0.3 is 10.1 Å². The minimum atomic E-state index is -3.98. The highest BCUT2D eigenvalue weighted by Gasteiger charge is 2.28. The largest absolute Gasteiger partial charge is 0.497 e. The molecule has 0 aliphatic rings. The molecule has 1 atom stereocenters. The molecule has 0 radical (unpaired) electrons. The van der Waals surface area contributed by atoms with Gasteiger partial charge in [0.2, 0.25) is 5.91 Å². The molecule has 0 aliphatic carbocycles. The van der Waals surface area contributed by atoms with Gasteiger partial charge in [0.05, 0.1) is 18.8 Å². The van der Waals surface area contributed by atoms with E-state index in [0.29, 0.717) is 5.75 Å². The second-order valence-electron chi connectivity index (χ2n) is 6.48. The Hall–Kier alpha value is -2.91. The van der Waals surface area contributed by atoms with Crippen molar-refractivity contribution in [2.45, 2.75) is 17.2 Å². The Morgan fingerprint density at radius 2 is 1.80 bits per heavy atom. The smallest absolute Gasteiger partial charge is 0.274 e. The van der Waals surface area contributed by atoms with E-state index in [-0.39, 0.29) is 15.9 Å². The standard InChI is InChI=1S/C21H21FN2O4S2/c1-15(16-5-11-19(28-2)12-6-16)23-20(25)14-24(18-9-7-17(22)8-10-18)30(26,27)21-4-3-13-29-21/h3-13,15H,14H2,1-2H3,(H,23,25). The Morgan fingerprint density at radius 3 is 2.37 bits per heavy atom. The molecule has 0 saturated heterocycles. The maximum atomic E-state index is 13.3. The highest BCUT2D eigenvalue weighted by molar-refractivity contribution is 7.94. The quantitative estimate of drug-likeness (QED) is 0.566. The van der Waals surface area contributed by atoms with Crippen LogP contribution < -0.4 is 14.4 Å². The number of ether oxygens (including phenoxy) is 1. The van der Waals surface area contributed by atoms with Gasteiger partial charge in [-0.1, -0.05) is 18.2 Å². The van der Waals surface area contributed by atoms with Crippen molar-refractivity contribution in [2.24, 2.45) is 0 Å². The van der Waals surface area contributed by atoms with Crippen LogP contribution in [0.3, 0.4) is 0 Å². The summed E-state index contributed by atoms with van der Waals surface area (Å²) in [6.45, 7) is 1.36. The van der Waals surface area contributed by atoms with Crippen LogP contribution in [0.4, 0.5) is 10.1 Å². The number of carbonyl (C=O) groups is 1. The summed E-state index contributed by atoms with van der Waals surface area (Å²) in [4.78, 5) is 12.7. The van der Waals surface area contributed by atoms with Gasteiger partial charge in [0.25, 0.3) is 10.0 Å². The average Bonchev–Trinajstić information content (AvgIpc) is 3.28. The van der Waals surface area contributed by atoms with Gasteiger partial charge in [-0.15, -0.1) is 11.3 Å². The van der Waals surface area contributed by atoms with E-state index in [1.807, 2.05) is 12.1 Å². The zero-order valence-electron chi connectivity index (χ0n) is 16.4. The molecular formula is C21H21FN2O4S2. The van der Waals surface area contributed by atoms with Crippen molar-refractivity contribution in [3.8, 4) is 5.75 Å². The Balaban J connectivity index is 1.81. The fraction of sp³-hybridized carbons (Fsp3) is 0.190. The fourth-order valence-electron chi connectivity index (χ4n) is 2.83. The summed E-state index contributed by atoms with van der Waals surface area (Å²) in [5, 5.41) is 4.45. The van der Waals surface area contributed by atoms with Gasteiger partial charge in [0.1, 0.15) is 22.3 Å². The minimum Gasteiger partial charge on any atom is -0.497 e. The second-order valence-corrected chi connectivity index (χ2v) is 9.52. The van der Waals surface area contributed by atoms with Crippen LogP contribution in [0, 0.1) is 5.82 Å². The zero-order chi connectivity index (χ0) is 21.7. The lowest BCUT2D eigenvalue weighted by atomic mass is 10.1. The summed E-state index contributed by atoms with van der Waals surface area (Å²) in [5.41, 5.74) is 1.05. The van der Waals surface area contributed by atoms with Crippen molar-refractivity contribution in [3.05, 3.63) is 77.4 Å². The Morgan fingerprint density at radius 1 is 1.13 bits per heavy atom. The van der Waals surface area contributed by atoms with Gasteiger partial charge in [0, 0.05) is 0 Å². The molecule has 6 nitrogen and oxygen atoms in total. The van der Waals surface area contributed by atoms with Crippen molar-refractivity contribution < 1.29 is 22.3 Å². The molecule has 1 aromatic heterocycles. The van der Waals surface area contributed by atoms with Crippen LogP contribution in [0.25, 0.3) is 0 Å². The van der Waals surface area contributed by atoms with Crippen molar-refractivity contribution in [3.63, 3.8) is 0 Å². The SMILES string of the molecule is COc1ccc(C(C)NC(=O)CN(c2ccc(F)cc2)S(=O)(=O)c2cccs2)cc1. The minimum absolute atomic E-state index is 0.0998. The number of anilines is 1. The van der Waals surface area contributed by atoms with Crippen LogP contribution in [0.1, 0.15) is 18.5 Å². The first-order chi connectivity index (χ1) is 14.3. The number of halogens is 1. The lowest BCUT2D eigenvalue weighted by molar-refractivity contribution is -0.120. The van der Waals surface area contributed by atoms with E-state index >= 15 is 0 Å². The van der Waals surface area contributed by atoms with E-state index < -0.39 is 28.3 Å². The number of sulfonamides is 1. The lowest BCUT2D eigenvalue weighted by Gasteiger charge is -2.24. The fourth-order valence-corrected chi connectivity index (χ4v) is 5.36. The highest BCUT2D eigenvalue weighted by Crippen LogP contribution is 2.27. The third-order valence-electron chi connectivity index (χ3n) is 4.43. The van der Waals surface area contributed by atoms with Crippen LogP contribution in [-0.2, 0) is 14.8 Å². The van der Waals surface area contributed by atoms with Crippen LogP contribution in [0.2, 0.25) is 0 Å². The lowest BCUT2D eigenvalue weighted by Crippen LogP contribution is -2.41. The summed E-state index contributed by atoms with van der Waals surface area (Å²) < 4.78 is 45.7. The van der Waals surface area contributed by atoms with E-state index in [9.17, 15) is 17.6 Å². The number of nitrogens with one attached hydrogen (secondary N) is 1. The number of thiophene rings is 1. The maximum absolute atomic E-state index is 13.3. The van der Waals surface area contributed by atoms with E-state index in [4.69, 9.17) is 4.74 Å². The molecular weight excluding hydrogens is 427 g/mol. The second kappa shape index (κ2) is 9.27. The average molecular weight is 449 g/mol. The molecule has 1 N–H and O–H groups in total. The molecule has 0 fully saturated rings. The summed E-state index contributed by atoms with van der Waals surface area (Å²) in [5.74, 6) is -0.283. The molecule has 1 amide bonds. The number of nitrogens with zero attached hydrogens (tertiary/aromatic N) is 1. The molecule has 0 spiro atoms. The molecule has 0 bridgehead atoms. The topological polar surface area (TPSA) is 75.7 Å².